The zero-order valence-electron chi connectivity index (χ0n) is 15.7. The number of carbonyl (C=O) groups is 3. The molecule has 1 fully saturated rings. The van der Waals surface area contributed by atoms with Crippen molar-refractivity contribution >= 4 is 23.6 Å². The first kappa shape index (κ1) is 19.2. The predicted molar refractivity (Wildman–Crippen MR) is 101 cm³/mol. The third-order valence-corrected chi connectivity index (χ3v) is 5.29. The van der Waals surface area contributed by atoms with Gasteiger partial charge in [-0.25, -0.2) is 4.79 Å². The maximum Gasteiger partial charge on any atom is 0.322 e. The second-order valence-electron chi connectivity index (χ2n) is 7.37. The average molecular weight is 374 g/mol. The Bertz CT molecular complexity index is 741. The number of benzene rings is 1. The maximum absolute atomic E-state index is 12.6. The average Bonchev–Trinajstić information content (AvgIpc) is 2.65. The molecule has 0 atom stereocenters. The lowest BCUT2D eigenvalue weighted by atomic mass is 9.99. The number of amides is 3. The molecule has 3 rings (SSSR count). The Morgan fingerprint density at radius 1 is 1.30 bits per heavy atom. The van der Waals surface area contributed by atoms with E-state index in [1.165, 1.54) is 0 Å². The van der Waals surface area contributed by atoms with E-state index in [1.807, 2.05) is 11.0 Å². The number of hydrogen-bond donors (Lipinski definition) is 3. The van der Waals surface area contributed by atoms with Gasteiger partial charge in [0.05, 0.1) is 0 Å². The van der Waals surface area contributed by atoms with Crippen molar-refractivity contribution in [3.63, 3.8) is 0 Å². The fraction of sp³-hybridized carbons (Fsp3) is 0.526. The molecule has 0 aliphatic carbocycles. The fourth-order valence-electron chi connectivity index (χ4n) is 3.68. The van der Waals surface area contributed by atoms with Gasteiger partial charge in [-0.1, -0.05) is 6.07 Å². The number of nitrogens with zero attached hydrogens (tertiary/aromatic N) is 2. The van der Waals surface area contributed by atoms with E-state index in [0.29, 0.717) is 23.8 Å². The summed E-state index contributed by atoms with van der Waals surface area (Å²) in [6.07, 6.45) is 1.91. The van der Waals surface area contributed by atoms with Gasteiger partial charge in [-0.3, -0.25) is 9.59 Å². The van der Waals surface area contributed by atoms with E-state index in [4.69, 9.17) is 5.11 Å². The highest BCUT2D eigenvalue weighted by atomic mass is 16.4. The van der Waals surface area contributed by atoms with Gasteiger partial charge in [-0.15, -0.1) is 0 Å². The van der Waals surface area contributed by atoms with Crippen molar-refractivity contribution in [1.29, 1.82) is 0 Å². The molecule has 3 amide bonds. The van der Waals surface area contributed by atoms with Gasteiger partial charge in [-0.05, 0) is 44.4 Å². The topological polar surface area (TPSA) is 102 Å². The number of anilines is 1. The number of fused-ring (bicyclic) bond motifs is 1. The Labute approximate surface area is 158 Å². The van der Waals surface area contributed by atoms with Crippen LogP contribution in [0, 0.1) is 0 Å². The molecule has 2 aliphatic heterocycles. The van der Waals surface area contributed by atoms with Crippen molar-refractivity contribution < 1.29 is 19.5 Å². The molecule has 3 N–H and O–H groups in total. The van der Waals surface area contributed by atoms with E-state index in [1.54, 1.807) is 12.1 Å². The van der Waals surface area contributed by atoms with Gasteiger partial charge in [0.2, 0.25) is 0 Å². The number of rotatable bonds is 5. The molecule has 1 saturated heterocycles. The number of piperidine rings is 1. The van der Waals surface area contributed by atoms with E-state index in [9.17, 15) is 14.4 Å². The Hall–Kier alpha value is -2.61. The third-order valence-electron chi connectivity index (χ3n) is 5.29. The Kier molecular flexibility index (Phi) is 5.65. The highest BCUT2D eigenvalue weighted by molar-refractivity contribution is 5.99. The Morgan fingerprint density at radius 3 is 2.63 bits per heavy atom. The minimum atomic E-state index is -1.10. The van der Waals surface area contributed by atoms with Crippen molar-refractivity contribution in [2.45, 2.75) is 45.3 Å². The standard InChI is InChI=1S/C19H26N4O4/c1-12(2)22-7-5-15(6-8-22)23-11-14-4-3-13(9-16(14)21-19(23)27)18(26)20-10-17(24)25/h3-4,9,12,15H,5-8,10-11H2,1-2H3,(H,20,26)(H,21,27)(H,24,25). The largest absolute Gasteiger partial charge is 0.480 e. The highest BCUT2D eigenvalue weighted by Crippen LogP contribution is 2.29. The summed E-state index contributed by atoms with van der Waals surface area (Å²) in [5.74, 6) is -1.58. The second-order valence-corrected chi connectivity index (χ2v) is 7.37. The van der Waals surface area contributed by atoms with Crippen LogP contribution in [0.4, 0.5) is 10.5 Å². The van der Waals surface area contributed by atoms with E-state index in [0.717, 1.165) is 31.5 Å². The van der Waals surface area contributed by atoms with Gasteiger partial charge in [0.25, 0.3) is 5.91 Å². The molecule has 0 unspecified atom stereocenters. The van der Waals surface area contributed by atoms with Gasteiger partial charge in [0.1, 0.15) is 6.54 Å². The van der Waals surface area contributed by atoms with Crippen LogP contribution in [0.5, 0.6) is 0 Å². The van der Waals surface area contributed by atoms with Gasteiger partial charge in [-0.2, -0.15) is 0 Å². The molecule has 8 heteroatoms. The van der Waals surface area contributed by atoms with E-state index in [-0.39, 0.29) is 12.1 Å². The first-order chi connectivity index (χ1) is 12.8. The van der Waals surface area contributed by atoms with Crippen LogP contribution in [0.2, 0.25) is 0 Å². The summed E-state index contributed by atoms with van der Waals surface area (Å²) in [6, 6.07) is 5.67. The van der Waals surface area contributed by atoms with Crippen LogP contribution in [-0.4, -0.2) is 64.5 Å². The Morgan fingerprint density at radius 2 is 2.00 bits per heavy atom. The fourth-order valence-corrected chi connectivity index (χ4v) is 3.68. The summed E-state index contributed by atoms with van der Waals surface area (Å²) in [6.45, 7) is 6.43. The normalized spacial score (nSPS) is 18.2. The SMILES string of the molecule is CC(C)N1CCC(N2Cc3ccc(C(=O)NCC(=O)O)cc3NC2=O)CC1. The number of nitrogens with one attached hydrogen (secondary N) is 2. The maximum atomic E-state index is 12.6. The lowest BCUT2D eigenvalue weighted by Crippen LogP contribution is -2.51. The number of carboxylic acids is 1. The van der Waals surface area contributed by atoms with Crippen molar-refractivity contribution in [3.05, 3.63) is 29.3 Å². The van der Waals surface area contributed by atoms with Crippen molar-refractivity contribution in [2.24, 2.45) is 0 Å². The third kappa shape index (κ3) is 4.39. The van der Waals surface area contributed by atoms with Gasteiger partial charge in [0, 0.05) is 43.0 Å². The van der Waals surface area contributed by atoms with Crippen LogP contribution in [0.1, 0.15) is 42.6 Å². The molecule has 0 spiro atoms. The minimum absolute atomic E-state index is 0.145. The number of hydrogen-bond acceptors (Lipinski definition) is 4. The number of aliphatic carboxylic acids is 1. The number of urea groups is 1. The van der Waals surface area contributed by atoms with Gasteiger partial charge >= 0.3 is 12.0 Å². The molecule has 0 aromatic heterocycles. The molecule has 1 aromatic carbocycles. The van der Waals surface area contributed by atoms with E-state index >= 15 is 0 Å². The summed E-state index contributed by atoms with van der Waals surface area (Å²) in [4.78, 5) is 39.5. The second kappa shape index (κ2) is 7.96. The van der Waals surface area contributed by atoms with Gasteiger partial charge in [0.15, 0.2) is 0 Å². The molecular formula is C19H26N4O4. The quantitative estimate of drug-likeness (QED) is 0.728. The van der Waals surface area contributed by atoms with Crippen LogP contribution < -0.4 is 10.6 Å². The summed E-state index contributed by atoms with van der Waals surface area (Å²) in [5.41, 5.74) is 1.89. The van der Waals surface area contributed by atoms with Crippen molar-refractivity contribution in [1.82, 2.24) is 15.1 Å². The van der Waals surface area contributed by atoms with Crippen LogP contribution in [-0.2, 0) is 11.3 Å². The lowest BCUT2D eigenvalue weighted by Gasteiger charge is -2.41. The Balaban J connectivity index is 1.67. The van der Waals surface area contributed by atoms with Gasteiger partial charge < -0.3 is 25.5 Å². The molecule has 0 bridgehead atoms. The lowest BCUT2D eigenvalue weighted by molar-refractivity contribution is -0.135. The molecular weight excluding hydrogens is 348 g/mol. The molecule has 27 heavy (non-hydrogen) atoms. The molecule has 0 saturated carbocycles. The molecule has 0 radical (unpaired) electrons. The van der Waals surface area contributed by atoms with E-state index in [2.05, 4.69) is 29.4 Å². The highest BCUT2D eigenvalue weighted by Gasteiger charge is 2.32. The zero-order chi connectivity index (χ0) is 19.6. The minimum Gasteiger partial charge on any atom is -0.480 e. The molecule has 8 nitrogen and oxygen atoms in total. The molecule has 2 heterocycles. The summed E-state index contributed by atoms with van der Waals surface area (Å²) in [7, 11) is 0. The predicted octanol–water partition coefficient (Wildman–Crippen LogP) is 1.72. The van der Waals surface area contributed by atoms with Crippen LogP contribution in [0.3, 0.4) is 0 Å². The summed E-state index contributed by atoms with van der Waals surface area (Å²) in [5, 5.41) is 13.9. The van der Waals surface area contributed by atoms with Crippen molar-refractivity contribution in [3.8, 4) is 0 Å². The summed E-state index contributed by atoms with van der Waals surface area (Å²) < 4.78 is 0. The summed E-state index contributed by atoms with van der Waals surface area (Å²) >= 11 is 0. The van der Waals surface area contributed by atoms with Crippen LogP contribution in [0.15, 0.2) is 18.2 Å². The number of carbonyl (C=O) groups excluding carboxylic acids is 2. The first-order valence-corrected chi connectivity index (χ1v) is 9.29. The van der Waals surface area contributed by atoms with Crippen molar-refractivity contribution in [2.75, 3.05) is 25.0 Å². The molecule has 1 aromatic rings. The molecule has 2 aliphatic rings. The van der Waals surface area contributed by atoms with E-state index < -0.39 is 18.4 Å². The zero-order valence-corrected chi connectivity index (χ0v) is 15.7. The number of carboxylic acid groups (broad SMARTS) is 1. The first-order valence-electron chi connectivity index (χ1n) is 9.29. The van der Waals surface area contributed by atoms with Crippen LogP contribution in [0.25, 0.3) is 0 Å². The number of likely N-dealkylation sites (tertiary alicyclic amines) is 1. The van der Waals surface area contributed by atoms with Crippen LogP contribution >= 0.6 is 0 Å². The molecule has 146 valence electrons. The monoisotopic (exact) mass is 374 g/mol. The smallest absolute Gasteiger partial charge is 0.322 e.